The van der Waals surface area contributed by atoms with Gasteiger partial charge in [-0.25, -0.2) is 9.97 Å². The van der Waals surface area contributed by atoms with Gasteiger partial charge < -0.3 is 23.8 Å². The molecule has 0 saturated heterocycles. The summed E-state index contributed by atoms with van der Waals surface area (Å²) in [4.78, 5) is 17.7. The van der Waals surface area contributed by atoms with Crippen molar-refractivity contribution >= 4 is 23.6 Å². The highest BCUT2D eigenvalue weighted by Crippen LogP contribution is 2.30. The highest BCUT2D eigenvalue weighted by Gasteiger charge is 2.27. The number of hydrogen-bond acceptors (Lipinski definition) is 6. The van der Waals surface area contributed by atoms with E-state index in [2.05, 4.69) is 27.1 Å². The predicted octanol–water partition coefficient (Wildman–Crippen LogP) is 6.19. The Hall–Kier alpha value is -4.14. The van der Waals surface area contributed by atoms with E-state index >= 15 is 0 Å². The number of benzene rings is 3. The average Bonchev–Trinajstić information content (AvgIpc) is 3.45. The summed E-state index contributed by atoms with van der Waals surface area (Å²) in [5.41, 5.74) is 4.74. The Morgan fingerprint density at radius 3 is 2.22 bits per heavy atom. The number of imidazole rings is 1. The Labute approximate surface area is 246 Å². The van der Waals surface area contributed by atoms with Crippen molar-refractivity contribution < 1.29 is 14.2 Å². The van der Waals surface area contributed by atoms with Crippen LogP contribution in [0.3, 0.4) is 0 Å². The number of halogens is 1. The van der Waals surface area contributed by atoms with Gasteiger partial charge in [0, 0.05) is 6.54 Å². The van der Waals surface area contributed by atoms with Gasteiger partial charge in [-0.15, -0.1) is 12.4 Å². The molecule has 2 heterocycles. The van der Waals surface area contributed by atoms with Gasteiger partial charge in [-0.3, -0.25) is 4.99 Å². The molecule has 0 amide bonds. The summed E-state index contributed by atoms with van der Waals surface area (Å²) >= 11 is 0. The number of nitrogens with zero attached hydrogens (tertiary/aromatic N) is 4. The van der Waals surface area contributed by atoms with Gasteiger partial charge >= 0.3 is 0 Å². The molecule has 5 rings (SSSR count). The molecule has 8 nitrogen and oxygen atoms in total. The van der Waals surface area contributed by atoms with Crippen molar-refractivity contribution in [3.05, 3.63) is 113 Å². The molecular formula is C32H36ClN5O3. The van der Waals surface area contributed by atoms with Crippen LogP contribution < -0.4 is 15.0 Å². The lowest BCUT2D eigenvalue weighted by molar-refractivity contribution is -0.0393. The third kappa shape index (κ3) is 7.14. The van der Waals surface area contributed by atoms with E-state index in [1.807, 2.05) is 92.1 Å². The normalized spacial score (nSPS) is 11.9. The predicted molar refractivity (Wildman–Crippen MR) is 162 cm³/mol. The van der Waals surface area contributed by atoms with Crippen LogP contribution in [0.15, 0.2) is 90.2 Å². The van der Waals surface area contributed by atoms with Crippen LogP contribution >= 0.6 is 12.4 Å². The second-order valence-corrected chi connectivity index (χ2v) is 10.00. The minimum atomic E-state index is -0.658. The number of aromatic nitrogens is 4. The van der Waals surface area contributed by atoms with E-state index in [1.165, 1.54) is 0 Å². The third-order valence-corrected chi connectivity index (χ3v) is 6.64. The Bertz CT molecular complexity index is 1630. The number of methoxy groups -OCH3 is 1. The van der Waals surface area contributed by atoms with Gasteiger partial charge in [0.05, 0.1) is 26.6 Å². The molecule has 0 atom stereocenters. The number of rotatable bonds is 11. The fourth-order valence-corrected chi connectivity index (χ4v) is 4.41. The zero-order valence-corrected chi connectivity index (χ0v) is 24.6. The summed E-state index contributed by atoms with van der Waals surface area (Å²) in [6, 6.07) is 26.2. The topological polar surface area (TPSA) is 86.6 Å². The first-order chi connectivity index (χ1) is 19.5. The Balaban J connectivity index is 0.00000387. The number of aromatic amines is 1. The molecule has 0 aliphatic heterocycles. The minimum Gasteiger partial charge on any atom is -0.493 e. The lowest BCUT2D eigenvalue weighted by Crippen LogP contribution is -2.23. The minimum absolute atomic E-state index is 0. The maximum Gasteiger partial charge on any atom is 0.176 e. The van der Waals surface area contributed by atoms with Gasteiger partial charge in [0.15, 0.2) is 22.6 Å². The van der Waals surface area contributed by atoms with E-state index in [-0.39, 0.29) is 12.4 Å². The van der Waals surface area contributed by atoms with Crippen LogP contribution in [0.4, 0.5) is 0 Å². The smallest absolute Gasteiger partial charge is 0.176 e. The van der Waals surface area contributed by atoms with E-state index in [1.54, 1.807) is 13.4 Å². The zero-order valence-electron chi connectivity index (χ0n) is 23.8. The molecule has 0 unspecified atom stereocenters. The Morgan fingerprint density at radius 2 is 1.56 bits per heavy atom. The average molecular weight is 574 g/mol. The lowest BCUT2D eigenvalue weighted by Gasteiger charge is -2.23. The van der Waals surface area contributed by atoms with Gasteiger partial charge in [0.25, 0.3) is 0 Å². The van der Waals surface area contributed by atoms with Gasteiger partial charge in [0.2, 0.25) is 0 Å². The van der Waals surface area contributed by atoms with Crippen LogP contribution in [0, 0.1) is 0 Å². The highest BCUT2D eigenvalue weighted by molar-refractivity contribution is 5.85. The summed E-state index contributed by atoms with van der Waals surface area (Å²) in [7, 11) is 1.65. The van der Waals surface area contributed by atoms with E-state index in [0.717, 1.165) is 27.9 Å². The van der Waals surface area contributed by atoms with E-state index in [4.69, 9.17) is 19.2 Å². The zero-order chi connectivity index (χ0) is 28.0. The fraction of sp³-hybridized carbons (Fsp3) is 0.281. The Kier molecular flexibility index (Phi) is 9.81. The maximum atomic E-state index is 6.31. The van der Waals surface area contributed by atoms with E-state index < -0.39 is 5.60 Å². The van der Waals surface area contributed by atoms with Gasteiger partial charge in [-0.05, 0) is 49.6 Å². The lowest BCUT2D eigenvalue weighted by atomic mass is 10.1. The molecule has 2 aromatic heterocycles. The molecule has 0 spiro atoms. The third-order valence-electron chi connectivity index (χ3n) is 6.64. The number of hydrogen-bond donors (Lipinski definition) is 1. The number of nitrogens with one attached hydrogen (secondary N) is 1. The second kappa shape index (κ2) is 13.5. The molecule has 1 N–H and O–H groups in total. The molecule has 0 bridgehead atoms. The van der Waals surface area contributed by atoms with Gasteiger partial charge in [-0.2, -0.15) is 0 Å². The van der Waals surface area contributed by atoms with Crippen LogP contribution in [0.1, 0.15) is 43.3 Å². The van der Waals surface area contributed by atoms with Crippen molar-refractivity contribution in [3.63, 3.8) is 0 Å². The summed E-state index contributed by atoms with van der Waals surface area (Å²) in [6.45, 7) is 8.11. The largest absolute Gasteiger partial charge is 0.493 e. The van der Waals surface area contributed by atoms with Crippen LogP contribution in [0.2, 0.25) is 0 Å². The first-order valence-corrected chi connectivity index (χ1v) is 13.4. The molecule has 5 aromatic rings. The molecule has 9 heteroatoms. The number of fused-ring (bicyclic) bond motifs is 1. The molecule has 0 saturated carbocycles. The van der Waals surface area contributed by atoms with E-state index in [9.17, 15) is 0 Å². The standard InChI is InChI=1S/C32H35N5O3.ClH/c1-5-33-29-28-30(36-31(35-28)32(2,3)40-21-24-14-10-7-11-15-24)37(22-34-29)19-25-16-17-26(38-4)27(18-25)39-20-23-12-8-6-9-13-23;/h6-18,22H,5,19-21H2,1-4H3,(H,35,36);1H. The molecule has 0 radical (unpaired) electrons. The van der Waals surface area contributed by atoms with Gasteiger partial charge in [0.1, 0.15) is 23.5 Å². The number of H-pyrrole nitrogens is 1. The summed E-state index contributed by atoms with van der Waals surface area (Å²) in [5, 5.41) is 0. The summed E-state index contributed by atoms with van der Waals surface area (Å²) in [6.07, 6.45) is 1.79. The molecular weight excluding hydrogens is 538 g/mol. The van der Waals surface area contributed by atoms with Crippen LogP contribution in [-0.2, 0) is 30.1 Å². The maximum absolute atomic E-state index is 6.31. The van der Waals surface area contributed by atoms with Crippen molar-refractivity contribution in [2.45, 2.75) is 46.1 Å². The van der Waals surface area contributed by atoms with Crippen molar-refractivity contribution in [2.24, 2.45) is 4.99 Å². The van der Waals surface area contributed by atoms with Crippen molar-refractivity contribution in [1.82, 2.24) is 19.5 Å². The summed E-state index contributed by atoms with van der Waals surface area (Å²) < 4.78 is 20.0. The SMILES string of the molecule is CCN=c1ncn(Cc2ccc(OC)c(OCc3ccccc3)c2)c2nc(C(C)(C)OCc3ccccc3)[nH]c12.Cl. The molecule has 0 fully saturated rings. The first kappa shape index (κ1) is 29.8. The number of ether oxygens (including phenoxy) is 3. The molecule has 0 aliphatic rings. The molecule has 214 valence electrons. The summed E-state index contributed by atoms with van der Waals surface area (Å²) in [5.74, 6) is 2.09. The van der Waals surface area contributed by atoms with Crippen molar-refractivity contribution in [2.75, 3.05) is 13.7 Å². The Morgan fingerprint density at radius 1 is 0.878 bits per heavy atom. The van der Waals surface area contributed by atoms with Crippen LogP contribution in [-0.4, -0.2) is 33.2 Å². The molecule has 41 heavy (non-hydrogen) atoms. The fourth-order valence-electron chi connectivity index (χ4n) is 4.41. The highest BCUT2D eigenvalue weighted by atomic mass is 35.5. The van der Waals surface area contributed by atoms with E-state index in [0.29, 0.717) is 49.1 Å². The quantitative estimate of drug-likeness (QED) is 0.204. The first-order valence-electron chi connectivity index (χ1n) is 13.4. The van der Waals surface area contributed by atoms with Crippen LogP contribution in [0.5, 0.6) is 11.5 Å². The molecule has 0 aliphatic carbocycles. The van der Waals surface area contributed by atoms with Gasteiger partial charge in [-0.1, -0.05) is 66.7 Å². The van der Waals surface area contributed by atoms with Crippen molar-refractivity contribution in [3.8, 4) is 11.5 Å². The second-order valence-electron chi connectivity index (χ2n) is 10.00. The monoisotopic (exact) mass is 573 g/mol. The molecule has 3 aromatic carbocycles. The van der Waals surface area contributed by atoms with Crippen LogP contribution in [0.25, 0.3) is 11.2 Å². The van der Waals surface area contributed by atoms with Crippen molar-refractivity contribution in [1.29, 1.82) is 0 Å².